The average Bonchev–Trinajstić information content (AvgIpc) is 2.25. The summed E-state index contributed by atoms with van der Waals surface area (Å²) in [7, 11) is 0. The number of nitrogens with zero attached hydrogens (tertiary/aromatic N) is 1. The van der Waals surface area contributed by atoms with Crippen LogP contribution in [0.1, 0.15) is 46.5 Å². The first-order valence-electron chi connectivity index (χ1n) is 7.54. The van der Waals surface area contributed by atoms with Gasteiger partial charge in [-0.25, -0.2) is 0 Å². The molecule has 2 N–H and O–H groups in total. The van der Waals surface area contributed by atoms with Crippen LogP contribution in [-0.4, -0.2) is 58.0 Å². The smallest absolute Gasteiger partial charge is 0.306 e. The predicted octanol–water partition coefficient (Wildman–Crippen LogP) is 1.49. The fraction of sp³-hybridized carbons (Fsp3) is 0.933. The molecule has 0 amide bonds. The van der Waals surface area contributed by atoms with Gasteiger partial charge in [0.05, 0.1) is 23.2 Å². The van der Waals surface area contributed by atoms with Crippen molar-refractivity contribution < 1.29 is 19.7 Å². The maximum Gasteiger partial charge on any atom is 0.306 e. The Morgan fingerprint density at radius 2 is 1.95 bits per heavy atom. The first kappa shape index (κ1) is 15.7. The molecule has 0 radical (unpaired) electrons. The summed E-state index contributed by atoms with van der Waals surface area (Å²) in [6.45, 7) is 8.45. The van der Waals surface area contributed by atoms with Gasteiger partial charge in [0.15, 0.2) is 0 Å². The van der Waals surface area contributed by atoms with E-state index in [1.165, 1.54) is 0 Å². The van der Waals surface area contributed by atoms with Crippen molar-refractivity contribution in [1.82, 2.24) is 4.90 Å². The van der Waals surface area contributed by atoms with Gasteiger partial charge in [0.25, 0.3) is 0 Å². The minimum absolute atomic E-state index is 0.165. The zero-order valence-corrected chi connectivity index (χ0v) is 12.8. The Labute approximate surface area is 120 Å². The molecule has 2 fully saturated rings. The molecule has 1 saturated carbocycles. The van der Waals surface area contributed by atoms with Crippen molar-refractivity contribution in [3.63, 3.8) is 0 Å². The summed E-state index contributed by atoms with van der Waals surface area (Å²) >= 11 is 0. The molecule has 1 heterocycles. The van der Waals surface area contributed by atoms with E-state index in [4.69, 9.17) is 9.84 Å². The molecule has 1 saturated heterocycles. The minimum atomic E-state index is -0.737. The van der Waals surface area contributed by atoms with Crippen molar-refractivity contribution >= 4 is 5.97 Å². The van der Waals surface area contributed by atoms with Crippen LogP contribution in [0.25, 0.3) is 0 Å². The van der Waals surface area contributed by atoms with E-state index in [0.717, 1.165) is 13.1 Å². The minimum Gasteiger partial charge on any atom is -0.481 e. The fourth-order valence-electron chi connectivity index (χ4n) is 3.68. The van der Waals surface area contributed by atoms with Crippen LogP contribution >= 0.6 is 0 Å². The lowest BCUT2D eigenvalue weighted by molar-refractivity contribution is -0.151. The summed E-state index contributed by atoms with van der Waals surface area (Å²) in [5.74, 6) is -1.01. The van der Waals surface area contributed by atoms with E-state index in [2.05, 4.69) is 25.7 Å². The molecule has 0 aromatic heterocycles. The fourth-order valence-corrected chi connectivity index (χ4v) is 3.68. The lowest BCUT2D eigenvalue weighted by Crippen LogP contribution is -2.56. The number of carboxylic acid groups (broad SMARTS) is 1. The van der Waals surface area contributed by atoms with E-state index in [-0.39, 0.29) is 17.6 Å². The van der Waals surface area contributed by atoms with Crippen molar-refractivity contribution in [1.29, 1.82) is 0 Å². The third-order valence-corrected chi connectivity index (χ3v) is 4.42. The number of morpholine rings is 1. The highest BCUT2D eigenvalue weighted by Crippen LogP contribution is 2.34. The number of β-amino-alcohol motifs (C(OH)–C–C–N with tert-alkyl or cyclic N) is 1. The molecule has 2 rings (SSSR count). The van der Waals surface area contributed by atoms with Gasteiger partial charge in [-0.3, -0.25) is 9.69 Å². The number of aliphatic hydroxyl groups is 1. The Balaban J connectivity index is 1.91. The molecule has 5 heteroatoms. The van der Waals surface area contributed by atoms with Crippen LogP contribution in [0.3, 0.4) is 0 Å². The van der Waals surface area contributed by atoms with Crippen molar-refractivity contribution in [3.05, 3.63) is 0 Å². The Morgan fingerprint density at radius 1 is 1.35 bits per heavy atom. The molecule has 20 heavy (non-hydrogen) atoms. The Hall–Kier alpha value is -0.650. The molecule has 116 valence electrons. The summed E-state index contributed by atoms with van der Waals surface area (Å²) in [5.41, 5.74) is -0.925. The predicted molar refractivity (Wildman–Crippen MR) is 75.6 cm³/mol. The van der Waals surface area contributed by atoms with Crippen molar-refractivity contribution in [3.8, 4) is 0 Å². The molecule has 2 aliphatic rings. The third kappa shape index (κ3) is 3.93. The summed E-state index contributed by atoms with van der Waals surface area (Å²) in [4.78, 5) is 13.2. The number of carboxylic acids is 1. The average molecular weight is 285 g/mol. The quantitative estimate of drug-likeness (QED) is 0.822. The van der Waals surface area contributed by atoms with E-state index in [9.17, 15) is 9.90 Å². The van der Waals surface area contributed by atoms with E-state index >= 15 is 0 Å². The summed E-state index contributed by atoms with van der Waals surface area (Å²) in [6.07, 6.45) is 2.48. The molecule has 5 nitrogen and oxygen atoms in total. The summed E-state index contributed by atoms with van der Waals surface area (Å²) < 4.78 is 5.87. The van der Waals surface area contributed by atoms with E-state index in [1.807, 2.05) is 0 Å². The molecule has 0 spiro atoms. The SMILES string of the molecule is CC1CN(CC2(O)CCC(C(=O)O)CC2)CC(C)(C)O1. The zero-order chi connectivity index (χ0) is 15.0. The Kier molecular flexibility index (Phi) is 4.42. The number of rotatable bonds is 3. The summed E-state index contributed by atoms with van der Waals surface area (Å²) in [5, 5.41) is 19.7. The topological polar surface area (TPSA) is 70.0 Å². The van der Waals surface area contributed by atoms with Crippen LogP contribution in [0.2, 0.25) is 0 Å². The highest BCUT2D eigenvalue weighted by molar-refractivity contribution is 5.70. The number of carbonyl (C=O) groups is 1. The van der Waals surface area contributed by atoms with Gasteiger partial charge < -0.3 is 14.9 Å². The van der Waals surface area contributed by atoms with Crippen molar-refractivity contribution in [2.45, 2.75) is 63.8 Å². The Morgan fingerprint density at radius 3 is 2.45 bits per heavy atom. The number of ether oxygens (including phenoxy) is 1. The van der Waals surface area contributed by atoms with Crippen LogP contribution < -0.4 is 0 Å². The monoisotopic (exact) mass is 285 g/mol. The lowest BCUT2D eigenvalue weighted by Gasteiger charge is -2.45. The second-order valence-electron chi connectivity index (χ2n) is 7.19. The molecular weight excluding hydrogens is 258 g/mol. The van der Waals surface area contributed by atoms with Gasteiger partial charge in [-0.2, -0.15) is 0 Å². The normalized spacial score (nSPS) is 38.6. The van der Waals surface area contributed by atoms with E-state index in [1.54, 1.807) is 0 Å². The van der Waals surface area contributed by atoms with Crippen LogP contribution in [0.15, 0.2) is 0 Å². The van der Waals surface area contributed by atoms with Gasteiger partial charge in [-0.1, -0.05) is 0 Å². The molecule has 0 aromatic carbocycles. The molecule has 1 atom stereocenters. The first-order chi connectivity index (χ1) is 9.19. The molecule has 0 aromatic rings. The highest BCUT2D eigenvalue weighted by Gasteiger charge is 2.40. The van der Waals surface area contributed by atoms with E-state index < -0.39 is 11.6 Å². The third-order valence-electron chi connectivity index (χ3n) is 4.42. The van der Waals surface area contributed by atoms with E-state index in [0.29, 0.717) is 32.2 Å². The first-order valence-corrected chi connectivity index (χ1v) is 7.54. The van der Waals surface area contributed by atoms with Gasteiger partial charge in [0, 0.05) is 19.6 Å². The largest absolute Gasteiger partial charge is 0.481 e. The van der Waals surface area contributed by atoms with Crippen LogP contribution in [0.4, 0.5) is 0 Å². The summed E-state index contributed by atoms with van der Waals surface area (Å²) in [6, 6.07) is 0. The number of hydrogen-bond donors (Lipinski definition) is 2. The van der Waals surface area contributed by atoms with Crippen LogP contribution in [0.5, 0.6) is 0 Å². The van der Waals surface area contributed by atoms with Gasteiger partial charge in [0.1, 0.15) is 0 Å². The molecular formula is C15H27NO4. The second kappa shape index (κ2) is 5.62. The Bertz CT molecular complexity index is 361. The van der Waals surface area contributed by atoms with Gasteiger partial charge in [0.2, 0.25) is 0 Å². The second-order valence-corrected chi connectivity index (χ2v) is 7.19. The van der Waals surface area contributed by atoms with Gasteiger partial charge >= 0.3 is 5.97 Å². The zero-order valence-electron chi connectivity index (χ0n) is 12.8. The highest BCUT2D eigenvalue weighted by atomic mass is 16.5. The van der Waals surface area contributed by atoms with Crippen molar-refractivity contribution in [2.75, 3.05) is 19.6 Å². The van der Waals surface area contributed by atoms with Gasteiger partial charge in [-0.05, 0) is 46.5 Å². The van der Waals surface area contributed by atoms with Crippen LogP contribution in [-0.2, 0) is 9.53 Å². The van der Waals surface area contributed by atoms with Gasteiger partial charge in [-0.15, -0.1) is 0 Å². The molecule has 1 aliphatic carbocycles. The maximum absolute atomic E-state index is 11.0. The number of aliphatic carboxylic acids is 1. The molecule has 0 bridgehead atoms. The molecule has 1 aliphatic heterocycles. The number of hydrogen-bond acceptors (Lipinski definition) is 4. The lowest BCUT2D eigenvalue weighted by atomic mass is 9.78. The molecule has 1 unspecified atom stereocenters. The standard InChI is InChI=1S/C15H27NO4/c1-11-8-16(9-14(2,3)20-11)10-15(19)6-4-12(5-7-15)13(17)18/h11-12,19H,4-10H2,1-3H3,(H,17,18). The maximum atomic E-state index is 11.0. The van der Waals surface area contributed by atoms with Crippen molar-refractivity contribution in [2.24, 2.45) is 5.92 Å². The van der Waals surface area contributed by atoms with Crippen LogP contribution in [0, 0.1) is 5.92 Å².